The molecule has 0 radical (unpaired) electrons. The summed E-state index contributed by atoms with van der Waals surface area (Å²) in [6.07, 6.45) is 1.85. The fourth-order valence-electron chi connectivity index (χ4n) is 1.90. The van der Waals surface area contributed by atoms with Crippen LogP contribution in [-0.4, -0.2) is 24.2 Å². The minimum Gasteiger partial charge on any atom is -0.497 e. The number of ether oxygens (including phenoxy) is 1. The van der Waals surface area contributed by atoms with Gasteiger partial charge in [-0.15, -0.1) is 0 Å². The van der Waals surface area contributed by atoms with Gasteiger partial charge in [-0.2, -0.15) is 0 Å². The molecule has 2 rings (SSSR count). The van der Waals surface area contributed by atoms with Crippen LogP contribution in [0, 0.1) is 11.7 Å². The van der Waals surface area contributed by atoms with Gasteiger partial charge in [0.05, 0.1) is 7.11 Å². The first-order chi connectivity index (χ1) is 8.61. The van der Waals surface area contributed by atoms with E-state index in [1.54, 1.807) is 12.1 Å². The van der Waals surface area contributed by atoms with Crippen LogP contribution in [0.4, 0.5) is 4.39 Å². The van der Waals surface area contributed by atoms with Crippen LogP contribution in [0.3, 0.4) is 0 Å². The first-order valence-electron chi connectivity index (χ1n) is 5.90. The van der Waals surface area contributed by atoms with Crippen molar-refractivity contribution in [3.05, 3.63) is 29.6 Å². The van der Waals surface area contributed by atoms with Gasteiger partial charge in [0.15, 0.2) is 0 Å². The lowest BCUT2D eigenvalue weighted by molar-refractivity contribution is -0.140. The van der Waals surface area contributed by atoms with Crippen molar-refractivity contribution < 1.29 is 19.0 Å². The van der Waals surface area contributed by atoms with Crippen molar-refractivity contribution in [2.24, 2.45) is 5.92 Å². The van der Waals surface area contributed by atoms with Gasteiger partial charge >= 0.3 is 5.97 Å². The largest absolute Gasteiger partial charge is 0.497 e. The number of carboxylic acid groups (broad SMARTS) is 1. The summed E-state index contributed by atoms with van der Waals surface area (Å²) in [6, 6.07) is 3.98. The number of aliphatic carboxylic acids is 1. The van der Waals surface area contributed by atoms with Crippen molar-refractivity contribution in [2.75, 3.05) is 7.11 Å². The predicted molar refractivity (Wildman–Crippen MR) is 63.9 cm³/mol. The highest BCUT2D eigenvalue weighted by Crippen LogP contribution is 2.33. The third-order valence-corrected chi connectivity index (χ3v) is 3.13. The van der Waals surface area contributed by atoms with Gasteiger partial charge in [-0.1, -0.05) is 6.07 Å². The van der Waals surface area contributed by atoms with Gasteiger partial charge in [-0.05, 0) is 24.8 Å². The molecule has 4 nitrogen and oxygen atoms in total. The first-order valence-corrected chi connectivity index (χ1v) is 5.90. The van der Waals surface area contributed by atoms with Gasteiger partial charge in [-0.3, -0.25) is 10.1 Å². The zero-order valence-electron chi connectivity index (χ0n) is 10.1. The van der Waals surface area contributed by atoms with E-state index in [9.17, 15) is 9.18 Å². The molecule has 1 aliphatic carbocycles. The normalized spacial score (nSPS) is 16.3. The van der Waals surface area contributed by atoms with Crippen molar-refractivity contribution in [1.82, 2.24) is 5.32 Å². The summed E-state index contributed by atoms with van der Waals surface area (Å²) in [6.45, 7) is 0.212. The molecule has 0 spiro atoms. The molecule has 1 aromatic carbocycles. The van der Waals surface area contributed by atoms with Crippen molar-refractivity contribution in [3.8, 4) is 5.75 Å². The fraction of sp³-hybridized carbons (Fsp3) is 0.462. The summed E-state index contributed by atoms with van der Waals surface area (Å²) < 4.78 is 18.5. The van der Waals surface area contributed by atoms with E-state index in [2.05, 4.69) is 5.32 Å². The molecule has 0 amide bonds. The van der Waals surface area contributed by atoms with E-state index in [1.165, 1.54) is 13.2 Å². The zero-order valence-corrected chi connectivity index (χ0v) is 10.1. The van der Waals surface area contributed by atoms with Crippen LogP contribution in [0.5, 0.6) is 5.75 Å². The molecule has 1 aromatic rings. The average molecular weight is 253 g/mol. The summed E-state index contributed by atoms with van der Waals surface area (Å²) in [4.78, 5) is 11.0. The lowest BCUT2D eigenvalue weighted by Gasteiger charge is -2.14. The second kappa shape index (κ2) is 5.35. The molecule has 1 saturated carbocycles. The Labute approximate surface area is 105 Å². The quantitative estimate of drug-likeness (QED) is 0.811. The Bertz CT molecular complexity index is 446. The van der Waals surface area contributed by atoms with E-state index in [4.69, 9.17) is 9.84 Å². The summed E-state index contributed by atoms with van der Waals surface area (Å²) in [5, 5.41) is 11.9. The van der Waals surface area contributed by atoms with Crippen molar-refractivity contribution in [2.45, 2.75) is 25.4 Å². The van der Waals surface area contributed by atoms with Crippen LogP contribution in [0.15, 0.2) is 18.2 Å². The Hall–Kier alpha value is -1.62. The lowest BCUT2D eigenvalue weighted by Crippen LogP contribution is -2.38. The van der Waals surface area contributed by atoms with Crippen molar-refractivity contribution >= 4 is 5.97 Å². The number of methoxy groups -OCH3 is 1. The molecule has 0 saturated heterocycles. The SMILES string of the molecule is COc1ccc(CNC(C(=O)O)C2CC2)c(F)c1. The van der Waals surface area contributed by atoms with E-state index >= 15 is 0 Å². The predicted octanol–water partition coefficient (Wildman–Crippen LogP) is 1.79. The van der Waals surface area contributed by atoms with E-state index < -0.39 is 12.0 Å². The summed E-state index contributed by atoms with van der Waals surface area (Å²) in [5.41, 5.74) is 0.447. The molecule has 5 heteroatoms. The molecular formula is C13H16FNO3. The molecule has 2 N–H and O–H groups in total. The van der Waals surface area contributed by atoms with Gasteiger partial charge < -0.3 is 9.84 Å². The van der Waals surface area contributed by atoms with Crippen LogP contribution in [0.25, 0.3) is 0 Å². The molecular weight excluding hydrogens is 237 g/mol. The summed E-state index contributed by atoms with van der Waals surface area (Å²) >= 11 is 0. The molecule has 0 aliphatic heterocycles. The molecule has 0 aromatic heterocycles. The van der Waals surface area contributed by atoms with Crippen LogP contribution in [-0.2, 0) is 11.3 Å². The number of halogens is 1. The fourth-order valence-corrected chi connectivity index (χ4v) is 1.90. The molecule has 1 unspecified atom stereocenters. The topological polar surface area (TPSA) is 58.6 Å². The zero-order chi connectivity index (χ0) is 13.1. The maximum Gasteiger partial charge on any atom is 0.320 e. The van der Waals surface area contributed by atoms with Gasteiger partial charge in [0.2, 0.25) is 0 Å². The van der Waals surface area contributed by atoms with E-state index in [0.717, 1.165) is 12.8 Å². The monoisotopic (exact) mass is 253 g/mol. The Morgan fingerprint density at radius 1 is 1.61 bits per heavy atom. The number of rotatable bonds is 6. The number of carbonyl (C=O) groups is 1. The highest BCUT2D eigenvalue weighted by Gasteiger charge is 2.35. The third-order valence-electron chi connectivity index (χ3n) is 3.13. The Kier molecular flexibility index (Phi) is 3.81. The lowest BCUT2D eigenvalue weighted by atomic mass is 10.1. The standard InChI is InChI=1S/C13H16FNO3/c1-18-10-5-4-9(11(14)6-10)7-15-12(13(16)17)8-2-3-8/h4-6,8,12,15H,2-3,7H2,1H3,(H,16,17). The minimum atomic E-state index is -0.869. The molecule has 1 aliphatic rings. The van der Waals surface area contributed by atoms with Crippen LogP contribution >= 0.6 is 0 Å². The number of benzene rings is 1. The van der Waals surface area contributed by atoms with Crippen molar-refractivity contribution in [1.29, 1.82) is 0 Å². The average Bonchev–Trinajstić information content (AvgIpc) is 3.15. The van der Waals surface area contributed by atoms with Gasteiger partial charge in [0.25, 0.3) is 0 Å². The number of nitrogens with one attached hydrogen (secondary N) is 1. The molecule has 18 heavy (non-hydrogen) atoms. The minimum absolute atomic E-state index is 0.184. The maximum absolute atomic E-state index is 13.6. The number of carboxylic acids is 1. The smallest absolute Gasteiger partial charge is 0.320 e. The number of hydrogen-bond acceptors (Lipinski definition) is 3. The Morgan fingerprint density at radius 3 is 2.83 bits per heavy atom. The van der Waals surface area contributed by atoms with Gasteiger partial charge in [-0.25, -0.2) is 4.39 Å². The van der Waals surface area contributed by atoms with Crippen molar-refractivity contribution in [3.63, 3.8) is 0 Å². The Morgan fingerprint density at radius 2 is 2.33 bits per heavy atom. The number of hydrogen-bond donors (Lipinski definition) is 2. The van der Waals surface area contributed by atoms with Crippen LogP contribution in [0.1, 0.15) is 18.4 Å². The molecule has 0 heterocycles. The van der Waals surface area contributed by atoms with E-state index in [0.29, 0.717) is 11.3 Å². The Balaban J connectivity index is 1.98. The van der Waals surface area contributed by atoms with E-state index in [-0.39, 0.29) is 18.3 Å². The summed E-state index contributed by atoms with van der Waals surface area (Å²) in [5.74, 6) is -0.620. The van der Waals surface area contributed by atoms with Gasteiger partial charge in [0, 0.05) is 18.2 Å². The molecule has 1 fully saturated rings. The van der Waals surface area contributed by atoms with E-state index in [1.807, 2.05) is 0 Å². The molecule has 1 atom stereocenters. The maximum atomic E-state index is 13.6. The first kappa shape index (κ1) is 12.8. The second-order valence-electron chi connectivity index (χ2n) is 4.49. The van der Waals surface area contributed by atoms with Crippen LogP contribution in [0.2, 0.25) is 0 Å². The third kappa shape index (κ3) is 2.98. The molecule has 0 bridgehead atoms. The van der Waals surface area contributed by atoms with Crippen LogP contribution < -0.4 is 10.1 Å². The highest BCUT2D eigenvalue weighted by molar-refractivity contribution is 5.74. The summed E-state index contributed by atoms with van der Waals surface area (Å²) in [7, 11) is 1.47. The highest BCUT2D eigenvalue weighted by atomic mass is 19.1. The molecule has 98 valence electrons. The van der Waals surface area contributed by atoms with Gasteiger partial charge in [0.1, 0.15) is 17.6 Å². The second-order valence-corrected chi connectivity index (χ2v) is 4.49.